The van der Waals surface area contributed by atoms with Crippen LogP contribution in [-0.4, -0.2) is 17.1 Å². The highest BCUT2D eigenvalue weighted by molar-refractivity contribution is 5.95. The van der Waals surface area contributed by atoms with Crippen molar-refractivity contribution in [1.82, 2.24) is 9.88 Å². The van der Waals surface area contributed by atoms with Crippen LogP contribution in [-0.2, 0) is 13.0 Å². The topological polar surface area (TPSA) is 60.1 Å². The molecule has 1 aliphatic heterocycles. The third kappa shape index (κ3) is 1.17. The first kappa shape index (κ1) is 9.42. The van der Waals surface area contributed by atoms with Crippen LogP contribution in [0, 0.1) is 0 Å². The van der Waals surface area contributed by atoms with Crippen molar-refractivity contribution in [2.45, 2.75) is 13.0 Å². The van der Waals surface area contributed by atoms with Crippen LogP contribution in [0.5, 0.6) is 0 Å². The average Bonchev–Trinajstić information content (AvgIpc) is 2.63. The van der Waals surface area contributed by atoms with Crippen molar-refractivity contribution in [1.29, 1.82) is 0 Å². The van der Waals surface area contributed by atoms with Crippen molar-refractivity contribution in [2.24, 2.45) is 5.73 Å². The zero-order chi connectivity index (χ0) is 11.1. The molecule has 4 nitrogen and oxygen atoms in total. The first-order valence-electron chi connectivity index (χ1n) is 5.41. The minimum atomic E-state index is -0.402. The fourth-order valence-electron chi connectivity index (χ4n) is 2.50. The molecule has 0 aliphatic carbocycles. The standard InChI is InChI=1S/C12H13N3O/c13-12(16)15-10-4-2-1-3-8(10)9-5-6-14-7-11(9)15/h1-4,14H,5-7H2,(H2,13,16). The van der Waals surface area contributed by atoms with Gasteiger partial charge in [0, 0.05) is 17.6 Å². The van der Waals surface area contributed by atoms with E-state index in [2.05, 4.69) is 11.4 Å². The highest BCUT2D eigenvalue weighted by atomic mass is 16.2. The molecular formula is C12H13N3O. The predicted molar refractivity (Wildman–Crippen MR) is 62.3 cm³/mol. The summed E-state index contributed by atoms with van der Waals surface area (Å²) in [6.07, 6.45) is 0.954. The average molecular weight is 215 g/mol. The molecule has 0 unspecified atom stereocenters. The highest BCUT2D eigenvalue weighted by Crippen LogP contribution is 2.27. The number of benzene rings is 1. The monoisotopic (exact) mass is 215 g/mol. The van der Waals surface area contributed by atoms with Crippen LogP contribution in [0.1, 0.15) is 11.3 Å². The molecule has 0 atom stereocenters. The zero-order valence-electron chi connectivity index (χ0n) is 8.86. The van der Waals surface area contributed by atoms with Gasteiger partial charge in [-0.1, -0.05) is 18.2 Å². The number of nitrogens with zero attached hydrogens (tertiary/aromatic N) is 1. The summed E-state index contributed by atoms with van der Waals surface area (Å²) in [7, 11) is 0. The Bertz CT molecular complexity index is 571. The van der Waals surface area contributed by atoms with Crippen LogP contribution in [0.4, 0.5) is 4.79 Å². The lowest BCUT2D eigenvalue weighted by Gasteiger charge is -2.15. The number of rotatable bonds is 0. The van der Waals surface area contributed by atoms with E-state index < -0.39 is 6.03 Å². The van der Waals surface area contributed by atoms with Crippen LogP contribution in [0.3, 0.4) is 0 Å². The van der Waals surface area contributed by atoms with Crippen molar-refractivity contribution in [3.63, 3.8) is 0 Å². The second kappa shape index (κ2) is 3.35. The van der Waals surface area contributed by atoms with Gasteiger partial charge >= 0.3 is 6.03 Å². The van der Waals surface area contributed by atoms with E-state index in [4.69, 9.17) is 5.73 Å². The molecule has 16 heavy (non-hydrogen) atoms. The Morgan fingerprint density at radius 2 is 2.19 bits per heavy atom. The molecule has 2 aromatic rings. The number of carbonyl (C=O) groups excluding carboxylic acids is 1. The third-order valence-corrected chi connectivity index (χ3v) is 3.15. The Morgan fingerprint density at radius 1 is 1.38 bits per heavy atom. The number of para-hydroxylation sites is 1. The summed E-state index contributed by atoms with van der Waals surface area (Å²) in [6, 6.07) is 7.52. The van der Waals surface area contributed by atoms with Crippen LogP contribution >= 0.6 is 0 Å². The predicted octanol–water partition coefficient (Wildman–Crippen LogP) is 1.21. The van der Waals surface area contributed by atoms with Gasteiger partial charge in [-0.05, 0) is 24.6 Å². The number of fused-ring (bicyclic) bond motifs is 3. The number of nitrogens with one attached hydrogen (secondary N) is 1. The van der Waals surface area contributed by atoms with Crippen LogP contribution in [0.15, 0.2) is 24.3 Å². The van der Waals surface area contributed by atoms with E-state index in [9.17, 15) is 4.79 Å². The highest BCUT2D eigenvalue weighted by Gasteiger charge is 2.21. The van der Waals surface area contributed by atoms with Crippen molar-refractivity contribution in [3.05, 3.63) is 35.5 Å². The summed E-state index contributed by atoms with van der Waals surface area (Å²) in [5, 5.41) is 4.42. The molecule has 1 aliphatic rings. The van der Waals surface area contributed by atoms with Gasteiger partial charge in [0.2, 0.25) is 0 Å². The maximum absolute atomic E-state index is 11.5. The second-order valence-electron chi connectivity index (χ2n) is 4.04. The third-order valence-electron chi connectivity index (χ3n) is 3.15. The molecule has 0 radical (unpaired) electrons. The van der Waals surface area contributed by atoms with E-state index in [1.165, 1.54) is 5.56 Å². The maximum atomic E-state index is 11.5. The summed E-state index contributed by atoms with van der Waals surface area (Å²) < 4.78 is 1.62. The molecule has 0 saturated heterocycles. The summed E-state index contributed by atoms with van der Waals surface area (Å²) in [6.45, 7) is 1.67. The zero-order valence-corrected chi connectivity index (χ0v) is 8.86. The molecule has 3 rings (SSSR count). The lowest BCUT2D eigenvalue weighted by Crippen LogP contribution is -2.29. The smallest absolute Gasteiger partial charge is 0.323 e. The Balaban J connectivity index is 2.41. The van der Waals surface area contributed by atoms with E-state index >= 15 is 0 Å². The minimum absolute atomic E-state index is 0.402. The Labute approximate surface area is 93.0 Å². The largest absolute Gasteiger partial charge is 0.351 e. The van der Waals surface area contributed by atoms with E-state index in [0.29, 0.717) is 6.54 Å². The maximum Gasteiger partial charge on any atom is 0.323 e. The van der Waals surface area contributed by atoms with Gasteiger partial charge in [0.15, 0.2) is 0 Å². The van der Waals surface area contributed by atoms with Gasteiger partial charge in [-0.25, -0.2) is 4.79 Å². The first-order valence-corrected chi connectivity index (χ1v) is 5.41. The number of carbonyl (C=O) groups is 1. The van der Waals surface area contributed by atoms with Gasteiger partial charge in [-0.3, -0.25) is 4.57 Å². The normalized spacial score (nSPS) is 15.0. The molecule has 4 heteroatoms. The lowest BCUT2D eigenvalue weighted by atomic mass is 10.1. The van der Waals surface area contributed by atoms with Crippen LogP contribution in [0.25, 0.3) is 10.9 Å². The number of aromatic nitrogens is 1. The lowest BCUT2D eigenvalue weighted by molar-refractivity contribution is 0.250. The molecule has 1 aromatic carbocycles. The number of amides is 1. The van der Waals surface area contributed by atoms with E-state index in [-0.39, 0.29) is 0 Å². The Hall–Kier alpha value is -1.81. The Kier molecular flexibility index (Phi) is 1.97. The summed E-state index contributed by atoms with van der Waals surface area (Å²) in [5.74, 6) is 0. The SMILES string of the molecule is NC(=O)n1c2c(c3ccccc31)CCNC2. The van der Waals surface area contributed by atoms with Gasteiger partial charge in [0.05, 0.1) is 5.52 Å². The molecular weight excluding hydrogens is 202 g/mol. The van der Waals surface area contributed by atoms with Crippen LogP contribution < -0.4 is 11.1 Å². The fourth-order valence-corrected chi connectivity index (χ4v) is 2.50. The fraction of sp³-hybridized carbons (Fsp3) is 0.250. The Morgan fingerprint density at radius 3 is 3.00 bits per heavy atom. The van der Waals surface area contributed by atoms with Crippen molar-refractivity contribution in [3.8, 4) is 0 Å². The van der Waals surface area contributed by atoms with Gasteiger partial charge in [0.25, 0.3) is 0 Å². The van der Waals surface area contributed by atoms with Gasteiger partial charge < -0.3 is 11.1 Å². The quantitative estimate of drug-likeness (QED) is 0.694. The molecule has 1 aromatic heterocycles. The van der Waals surface area contributed by atoms with Crippen molar-refractivity contribution >= 4 is 16.9 Å². The second-order valence-corrected chi connectivity index (χ2v) is 4.04. The van der Waals surface area contributed by atoms with Crippen molar-refractivity contribution < 1.29 is 4.79 Å². The number of hydrogen-bond acceptors (Lipinski definition) is 2. The van der Waals surface area contributed by atoms with Crippen LogP contribution in [0.2, 0.25) is 0 Å². The summed E-state index contributed by atoms with van der Waals surface area (Å²) in [5.41, 5.74) is 8.64. The molecule has 2 heterocycles. The molecule has 0 saturated carbocycles. The summed E-state index contributed by atoms with van der Waals surface area (Å²) in [4.78, 5) is 11.5. The molecule has 0 fully saturated rings. The van der Waals surface area contributed by atoms with Crippen molar-refractivity contribution in [2.75, 3.05) is 6.54 Å². The number of hydrogen-bond donors (Lipinski definition) is 2. The van der Waals surface area contributed by atoms with E-state index in [1.54, 1.807) is 4.57 Å². The molecule has 82 valence electrons. The van der Waals surface area contributed by atoms with Gasteiger partial charge in [-0.15, -0.1) is 0 Å². The molecule has 0 spiro atoms. The summed E-state index contributed by atoms with van der Waals surface area (Å²) >= 11 is 0. The van der Waals surface area contributed by atoms with E-state index in [1.807, 2.05) is 18.2 Å². The molecule has 3 N–H and O–H groups in total. The minimum Gasteiger partial charge on any atom is -0.351 e. The number of primary amides is 1. The first-order chi connectivity index (χ1) is 7.79. The van der Waals surface area contributed by atoms with Gasteiger partial charge in [0.1, 0.15) is 0 Å². The number of nitrogens with two attached hydrogens (primary N) is 1. The molecule has 1 amide bonds. The van der Waals surface area contributed by atoms with E-state index in [0.717, 1.165) is 29.6 Å². The van der Waals surface area contributed by atoms with Gasteiger partial charge in [-0.2, -0.15) is 0 Å². The molecule has 0 bridgehead atoms.